The monoisotopic (exact) mass is 401 g/mol. The SMILES string of the molecule is Cc1ccc(-c2ncc(OCC3CCNCC3)cc2-c2ccc(C#N)c(F)c2)cc1. The molecule has 5 heteroatoms. The molecule has 3 aromatic rings. The van der Waals surface area contributed by atoms with Crippen molar-refractivity contribution in [1.29, 1.82) is 5.26 Å². The molecule has 4 nitrogen and oxygen atoms in total. The van der Waals surface area contributed by atoms with Gasteiger partial charge in [-0.15, -0.1) is 0 Å². The molecule has 1 N–H and O–H groups in total. The fourth-order valence-electron chi connectivity index (χ4n) is 3.72. The summed E-state index contributed by atoms with van der Waals surface area (Å²) >= 11 is 0. The summed E-state index contributed by atoms with van der Waals surface area (Å²) in [4.78, 5) is 4.67. The Bertz CT molecular complexity index is 1070. The molecule has 1 aromatic heterocycles. The van der Waals surface area contributed by atoms with Crippen molar-refractivity contribution in [1.82, 2.24) is 10.3 Å². The summed E-state index contributed by atoms with van der Waals surface area (Å²) in [5.74, 6) is 0.661. The number of aryl methyl sites for hydroxylation is 1. The van der Waals surface area contributed by atoms with E-state index in [1.165, 1.54) is 12.1 Å². The van der Waals surface area contributed by atoms with Gasteiger partial charge in [0.15, 0.2) is 0 Å². The van der Waals surface area contributed by atoms with Gasteiger partial charge in [-0.25, -0.2) is 4.39 Å². The molecule has 1 saturated heterocycles. The number of aromatic nitrogens is 1. The number of piperidine rings is 1. The summed E-state index contributed by atoms with van der Waals surface area (Å²) in [5.41, 5.74) is 4.35. The summed E-state index contributed by atoms with van der Waals surface area (Å²) in [6.45, 7) is 4.73. The Morgan fingerprint density at radius 1 is 1.10 bits per heavy atom. The van der Waals surface area contributed by atoms with E-state index in [1.807, 2.05) is 43.3 Å². The second-order valence-electron chi connectivity index (χ2n) is 7.74. The fraction of sp³-hybridized carbons (Fsp3) is 0.280. The molecule has 30 heavy (non-hydrogen) atoms. The molecule has 1 fully saturated rings. The van der Waals surface area contributed by atoms with Crippen LogP contribution in [0.15, 0.2) is 54.7 Å². The number of nitrogens with zero attached hydrogens (tertiary/aromatic N) is 2. The van der Waals surface area contributed by atoms with Crippen LogP contribution < -0.4 is 10.1 Å². The lowest BCUT2D eigenvalue weighted by Crippen LogP contribution is -2.30. The maximum atomic E-state index is 14.3. The van der Waals surface area contributed by atoms with Crippen LogP contribution in [0.4, 0.5) is 4.39 Å². The Labute approximate surface area is 176 Å². The molecule has 0 bridgehead atoms. The first kappa shape index (κ1) is 20.1. The van der Waals surface area contributed by atoms with Crippen LogP contribution in [0.25, 0.3) is 22.4 Å². The summed E-state index contributed by atoms with van der Waals surface area (Å²) in [6.07, 6.45) is 3.94. The summed E-state index contributed by atoms with van der Waals surface area (Å²) in [6, 6.07) is 16.5. The van der Waals surface area contributed by atoms with Gasteiger partial charge in [0.1, 0.15) is 17.6 Å². The molecule has 1 aliphatic heterocycles. The lowest BCUT2D eigenvalue weighted by molar-refractivity contribution is 0.215. The number of ether oxygens (including phenoxy) is 1. The highest BCUT2D eigenvalue weighted by Crippen LogP contribution is 2.34. The lowest BCUT2D eigenvalue weighted by Gasteiger charge is -2.22. The largest absolute Gasteiger partial charge is 0.492 e. The zero-order valence-electron chi connectivity index (χ0n) is 17.0. The molecule has 0 spiro atoms. The number of nitriles is 1. The van der Waals surface area contributed by atoms with Gasteiger partial charge in [-0.1, -0.05) is 35.9 Å². The lowest BCUT2D eigenvalue weighted by atomic mass is 9.97. The molecule has 0 saturated carbocycles. The van der Waals surface area contributed by atoms with Gasteiger partial charge < -0.3 is 10.1 Å². The van der Waals surface area contributed by atoms with Crippen molar-refractivity contribution in [2.24, 2.45) is 5.92 Å². The number of rotatable bonds is 5. The average Bonchev–Trinajstić information content (AvgIpc) is 2.79. The zero-order valence-corrected chi connectivity index (χ0v) is 17.0. The first-order valence-electron chi connectivity index (χ1n) is 10.2. The van der Waals surface area contributed by atoms with E-state index in [4.69, 9.17) is 10.00 Å². The number of benzene rings is 2. The molecule has 0 aliphatic carbocycles. The number of hydrogen-bond donors (Lipinski definition) is 1. The molecule has 4 rings (SSSR count). The minimum Gasteiger partial charge on any atom is -0.492 e. The molecule has 2 heterocycles. The van der Waals surface area contributed by atoms with Crippen molar-refractivity contribution in [3.8, 4) is 34.2 Å². The van der Waals surface area contributed by atoms with Crippen molar-refractivity contribution >= 4 is 0 Å². The molecule has 0 atom stereocenters. The zero-order chi connectivity index (χ0) is 20.9. The van der Waals surface area contributed by atoms with Crippen LogP contribution in [0.5, 0.6) is 5.75 Å². The first-order valence-corrected chi connectivity index (χ1v) is 10.2. The molecule has 0 amide bonds. The van der Waals surface area contributed by atoms with E-state index >= 15 is 0 Å². The van der Waals surface area contributed by atoms with Crippen LogP contribution in [-0.4, -0.2) is 24.7 Å². The van der Waals surface area contributed by atoms with Gasteiger partial charge in [0, 0.05) is 11.1 Å². The predicted octanol–water partition coefficient (Wildman–Crippen LogP) is 5.11. The Kier molecular flexibility index (Phi) is 6.06. The van der Waals surface area contributed by atoms with Gasteiger partial charge in [0.2, 0.25) is 0 Å². The van der Waals surface area contributed by atoms with Crippen LogP contribution in [0.3, 0.4) is 0 Å². The normalized spacial score (nSPS) is 14.3. The van der Waals surface area contributed by atoms with Gasteiger partial charge in [-0.05, 0) is 62.5 Å². The minimum absolute atomic E-state index is 0.0295. The third-order valence-corrected chi connectivity index (χ3v) is 5.53. The third kappa shape index (κ3) is 4.50. The van der Waals surface area contributed by atoms with E-state index in [0.29, 0.717) is 23.8 Å². The minimum atomic E-state index is -0.536. The number of pyridine rings is 1. The van der Waals surface area contributed by atoms with Crippen LogP contribution >= 0.6 is 0 Å². The number of halogens is 1. The Balaban J connectivity index is 1.70. The molecule has 2 aromatic carbocycles. The Morgan fingerprint density at radius 3 is 2.53 bits per heavy atom. The van der Waals surface area contributed by atoms with Gasteiger partial charge in [-0.3, -0.25) is 4.98 Å². The molecule has 0 unspecified atom stereocenters. The Morgan fingerprint density at radius 2 is 1.83 bits per heavy atom. The highest BCUT2D eigenvalue weighted by molar-refractivity contribution is 5.81. The summed E-state index contributed by atoms with van der Waals surface area (Å²) < 4.78 is 20.4. The third-order valence-electron chi connectivity index (χ3n) is 5.53. The van der Waals surface area contributed by atoms with E-state index in [9.17, 15) is 4.39 Å². The molecule has 152 valence electrons. The number of hydrogen-bond acceptors (Lipinski definition) is 4. The van der Waals surface area contributed by atoms with Crippen LogP contribution in [0.1, 0.15) is 24.0 Å². The van der Waals surface area contributed by atoms with Crippen molar-refractivity contribution < 1.29 is 9.13 Å². The van der Waals surface area contributed by atoms with E-state index < -0.39 is 5.82 Å². The van der Waals surface area contributed by atoms with Crippen molar-refractivity contribution in [2.75, 3.05) is 19.7 Å². The van der Waals surface area contributed by atoms with Gasteiger partial charge in [0.25, 0.3) is 0 Å². The highest BCUT2D eigenvalue weighted by atomic mass is 19.1. The topological polar surface area (TPSA) is 57.9 Å². The highest BCUT2D eigenvalue weighted by Gasteiger charge is 2.16. The summed E-state index contributed by atoms with van der Waals surface area (Å²) in [5, 5.41) is 12.4. The quantitative estimate of drug-likeness (QED) is 0.645. The van der Waals surface area contributed by atoms with Gasteiger partial charge in [0.05, 0.1) is 24.1 Å². The van der Waals surface area contributed by atoms with E-state index in [1.54, 1.807) is 12.3 Å². The standard InChI is InChI=1S/C25H24FN3O/c1-17-2-4-19(5-3-17)25-23(20-6-7-21(14-27)24(26)12-20)13-22(15-29-25)30-16-18-8-10-28-11-9-18/h2-7,12-13,15,18,28H,8-11,16H2,1H3. The molecular weight excluding hydrogens is 377 g/mol. The average molecular weight is 401 g/mol. The smallest absolute Gasteiger partial charge is 0.141 e. The van der Waals surface area contributed by atoms with Gasteiger partial charge >= 0.3 is 0 Å². The second-order valence-corrected chi connectivity index (χ2v) is 7.74. The second kappa shape index (κ2) is 9.06. The molecular formula is C25H24FN3O. The van der Waals surface area contributed by atoms with Crippen molar-refractivity contribution in [3.63, 3.8) is 0 Å². The van der Waals surface area contributed by atoms with E-state index in [-0.39, 0.29) is 5.56 Å². The number of nitrogens with one attached hydrogen (secondary N) is 1. The van der Waals surface area contributed by atoms with Crippen molar-refractivity contribution in [3.05, 3.63) is 71.7 Å². The predicted molar refractivity (Wildman–Crippen MR) is 116 cm³/mol. The van der Waals surface area contributed by atoms with Crippen LogP contribution in [0, 0.1) is 30.0 Å². The van der Waals surface area contributed by atoms with Crippen LogP contribution in [-0.2, 0) is 0 Å². The van der Waals surface area contributed by atoms with Gasteiger partial charge in [-0.2, -0.15) is 5.26 Å². The summed E-state index contributed by atoms with van der Waals surface area (Å²) in [7, 11) is 0. The van der Waals surface area contributed by atoms with Crippen molar-refractivity contribution in [2.45, 2.75) is 19.8 Å². The Hall–Kier alpha value is -3.23. The maximum absolute atomic E-state index is 14.3. The van der Waals surface area contributed by atoms with Crippen LogP contribution in [0.2, 0.25) is 0 Å². The molecule has 1 aliphatic rings. The van der Waals surface area contributed by atoms with E-state index in [2.05, 4.69) is 10.3 Å². The first-order chi connectivity index (χ1) is 14.6. The molecule has 0 radical (unpaired) electrons. The fourth-order valence-corrected chi connectivity index (χ4v) is 3.72. The maximum Gasteiger partial charge on any atom is 0.141 e. The van der Waals surface area contributed by atoms with E-state index in [0.717, 1.165) is 48.3 Å².